The van der Waals surface area contributed by atoms with Gasteiger partial charge >= 0.3 is 6.09 Å². The number of nitrogens with one attached hydrogen (secondary N) is 1. The molecule has 4 heteroatoms. The van der Waals surface area contributed by atoms with Crippen molar-refractivity contribution in [2.45, 2.75) is 44.9 Å². The summed E-state index contributed by atoms with van der Waals surface area (Å²) in [6, 6.07) is -0.0103. The Morgan fingerprint density at radius 1 is 1.67 bits per heavy atom. The monoisotopic (exact) mass is 173 g/mol. The van der Waals surface area contributed by atoms with Crippen LogP contribution in [0.15, 0.2) is 0 Å². The van der Waals surface area contributed by atoms with E-state index in [9.17, 15) is 9.90 Å². The van der Waals surface area contributed by atoms with Gasteiger partial charge in [0.25, 0.3) is 0 Å². The number of ether oxygens (including phenoxy) is 1. The number of rotatable bonds is 2. The lowest BCUT2D eigenvalue weighted by Crippen LogP contribution is -2.34. The molecule has 0 radical (unpaired) electrons. The Hall–Kier alpha value is -0.770. The van der Waals surface area contributed by atoms with E-state index in [-0.39, 0.29) is 12.1 Å². The maximum atomic E-state index is 10.7. The van der Waals surface area contributed by atoms with Crippen LogP contribution < -0.4 is 5.32 Å². The average Bonchev–Trinajstić information content (AvgIpc) is 2.06. The fourth-order valence-electron chi connectivity index (χ4n) is 1.26. The van der Waals surface area contributed by atoms with E-state index in [0.29, 0.717) is 6.42 Å². The van der Waals surface area contributed by atoms with Gasteiger partial charge in [0, 0.05) is 6.42 Å². The van der Waals surface area contributed by atoms with Crippen LogP contribution in [0.2, 0.25) is 0 Å². The maximum absolute atomic E-state index is 10.7. The molecule has 0 spiro atoms. The summed E-state index contributed by atoms with van der Waals surface area (Å²) in [6.45, 7) is 5.26. The van der Waals surface area contributed by atoms with Crippen LogP contribution >= 0.6 is 0 Å². The third-order valence-corrected chi connectivity index (χ3v) is 1.86. The van der Waals surface area contributed by atoms with Gasteiger partial charge in [-0.15, -0.1) is 0 Å². The number of cyclic esters (lactones) is 1. The largest absolute Gasteiger partial charge is 0.444 e. The van der Waals surface area contributed by atoms with Crippen LogP contribution in [0, 0.1) is 0 Å². The Kier molecular flexibility index (Phi) is 2.28. The number of amides is 1. The SMILES string of the molecule is C[C@@H]1NC(=O)O[C@@H]1CC(C)(C)O. The normalized spacial score (nSPS) is 29.8. The predicted molar refractivity (Wildman–Crippen MR) is 43.8 cm³/mol. The van der Waals surface area contributed by atoms with Gasteiger partial charge in [0.05, 0.1) is 11.6 Å². The van der Waals surface area contributed by atoms with Crippen molar-refractivity contribution < 1.29 is 14.6 Å². The van der Waals surface area contributed by atoms with Gasteiger partial charge in [0.1, 0.15) is 6.10 Å². The number of alkyl carbamates (subject to hydrolysis) is 1. The molecule has 1 heterocycles. The Morgan fingerprint density at radius 3 is 2.58 bits per heavy atom. The summed E-state index contributed by atoms with van der Waals surface area (Å²) in [5.74, 6) is 0. The van der Waals surface area contributed by atoms with Crippen LogP contribution in [0.4, 0.5) is 4.79 Å². The zero-order valence-electron chi connectivity index (χ0n) is 7.63. The minimum Gasteiger partial charge on any atom is -0.444 e. The summed E-state index contributed by atoms with van der Waals surface area (Å²) in [5, 5.41) is 12.1. The molecule has 1 amide bonds. The predicted octanol–water partition coefficient (Wildman–Crippen LogP) is 0.644. The van der Waals surface area contributed by atoms with E-state index in [1.807, 2.05) is 6.92 Å². The highest BCUT2D eigenvalue weighted by atomic mass is 16.6. The quantitative estimate of drug-likeness (QED) is 0.644. The van der Waals surface area contributed by atoms with Crippen molar-refractivity contribution in [3.8, 4) is 0 Å². The molecular weight excluding hydrogens is 158 g/mol. The van der Waals surface area contributed by atoms with Crippen molar-refractivity contribution in [2.24, 2.45) is 0 Å². The summed E-state index contributed by atoms with van der Waals surface area (Å²) in [6.07, 6.45) is -0.137. The number of hydrogen-bond acceptors (Lipinski definition) is 3. The molecule has 0 aromatic heterocycles. The topological polar surface area (TPSA) is 58.6 Å². The molecule has 1 aliphatic heterocycles. The third-order valence-electron chi connectivity index (χ3n) is 1.86. The fourth-order valence-corrected chi connectivity index (χ4v) is 1.26. The molecule has 70 valence electrons. The fraction of sp³-hybridized carbons (Fsp3) is 0.875. The number of carbonyl (C=O) groups is 1. The minimum atomic E-state index is -0.786. The lowest BCUT2D eigenvalue weighted by Gasteiger charge is -2.22. The molecule has 1 rings (SSSR count). The summed E-state index contributed by atoms with van der Waals surface area (Å²) in [7, 11) is 0. The van der Waals surface area contributed by atoms with E-state index in [1.54, 1.807) is 13.8 Å². The van der Waals surface area contributed by atoms with E-state index in [0.717, 1.165) is 0 Å². The van der Waals surface area contributed by atoms with Crippen molar-refractivity contribution in [2.75, 3.05) is 0 Å². The maximum Gasteiger partial charge on any atom is 0.407 e. The van der Waals surface area contributed by atoms with Gasteiger partial charge in [-0.2, -0.15) is 0 Å². The molecule has 12 heavy (non-hydrogen) atoms. The molecule has 1 saturated heterocycles. The molecule has 0 bridgehead atoms. The van der Waals surface area contributed by atoms with Crippen molar-refractivity contribution in [3.63, 3.8) is 0 Å². The molecule has 2 atom stereocenters. The van der Waals surface area contributed by atoms with Crippen molar-refractivity contribution in [3.05, 3.63) is 0 Å². The lowest BCUT2D eigenvalue weighted by atomic mass is 9.98. The van der Waals surface area contributed by atoms with E-state index < -0.39 is 11.7 Å². The van der Waals surface area contributed by atoms with E-state index >= 15 is 0 Å². The van der Waals surface area contributed by atoms with Crippen LogP contribution in [0.5, 0.6) is 0 Å². The van der Waals surface area contributed by atoms with Gasteiger partial charge in [-0.1, -0.05) is 0 Å². The van der Waals surface area contributed by atoms with Crippen LogP contribution in [0.25, 0.3) is 0 Å². The smallest absolute Gasteiger partial charge is 0.407 e. The molecule has 0 unspecified atom stereocenters. The molecule has 1 aliphatic rings. The first-order chi connectivity index (χ1) is 5.38. The minimum absolute atomic E-state index is 0.0103. The van der Waals surface area contributed by atoms with Gasteiger partial charge in [-0.05, 0) is 20.8 Å². The van der Waals surface area contributed by atoms with E-state index in [1.165, 1.54) is 0 Å². The Bertz CT molecular complexity index is 185. The Morgan fingerprint density at radius 2 is 2.25 bits per heavy atom. The van der Waals surface area contributed by atoms with Crippen molar-refractivity contribution in [1.82, 2.24) is 5.32 Å². The summed E-state index contributed by atoms with van der Waals surface area (Å²) >= 11 is 0. The zero-order chi connectivity index (χ0) is 9.35. The van der Waals surface area contributed by atoms with Crippen LogP contribution in [-0.4, -0.2) is 28.9 Å². The van der Waals surface area contributed by atoms with Gasteiger partial charge in [0.15, 0.2) is 0 Å². The second-order valence-electron chi connectivity index (χ2n) is 3.89. The molecule has 1 fully saturated rings. The average molecular weight is 173 g/mol. The molecule has 4 nitrogen and oxygen atoms in total. The summed E-state index contributed by atoms with van der Waals surface area (Å²) in [4.78, 5) is 10.7. The highest BCUT2D eigenvalue weighted by Crippen LogP contribution is 2.19. The van der Waals surface area contributed by atoms with Gasteiger partial charge in [-0.25, -0.2) is 4.79 Å². The van der Waals surface area contributed by atoms with Gasteiger partial charge in [-0.3, -0.25) is 0 Å². The molecule has 0 aromatic rings. The van der Waals surface area contributed by atoms with Crippen LogP contribution in [0.1, 0.15) is 27.2 Å². The molecule has 0 saturated carbocycles. The lowest BCUT2D eigenvalue weighted by molar-refractivity contribution is 0.0197. The number of aliphatic hydroxyl groups is 1. The van der Waals surface area contributed by atoms with E-state index in [2.05, 4.69) is 5.32 Å². The molecular formula is C8H15NO3. The summed E-state index contributed by atoms with van der Waals surface area (Å²) in [5.41, 5.74) is -0.786. The number of carbonyl (C=O) groups excluding carboxylic acids is 1. The van der Waals surface area contributed by atoms with Crippen molar-refractivity contribution >= 4 is 6.09 Å². The molecule has 2 N–H and O–H groups in total. The van der Waals surface area contributed by atoms with Crippen molar-refractivity contribution in [1.29, 1.82) is 0 Å². The second kappa shape index (κ2) is 2.94. The van der Waals surface area contributed by atoms with Gasteiger partial charge < -0.3 is 15.2 Å². The Balaban J connectivity index is 2.48. The molecule has 0 aliphatic carbocycles. The van der Waals surface area contributed by atoms with Crippen LogP contribution in [-0.2, 0) is 4.74 Å². The second-order valence-corrected chi connectivity index (χ2v) is 3.89. The highest BCUT2D eigenvalue weighted by Gasteiger charge is 2.34. The van der Waals surface area contributed by atoms with Gasteiger partial charge in [0.2, 0.25) is 0 Å². The first-order valence-corrected chi connectivity index (χ1v) is 4.08. The third kappa shape index (κ3) is 2.37. The molecule has 0 aromatic carbocycles. The zero-order valence-corrected chi connectivity index (χ0v) is 7.63. The highest BCUT2D eigenvalue weighted by molar-refractivity contribution is 5.70. The van der Waals surface area contributed by atoms with Crippen LogP contribution in [0.3, 0.4) is 0 Å². The first kappa shape index (κ1) is 9.32. The number of hydrogen-bond donors (Lipinski definition) is 2. The standard InChI is InChI=1S/C8H15NO3/c1-5-6(4-8(2,3)11)12-7(10)9-5/h5-6,11H,4H2,1-3H3,(H,9,10)/t5-,6+/m0/s1. The Labute approximate surface area is 71.9 Å². The first-order valence-electron chi connectivity index (χ1n) is 4.08. The summed E-state index contributed by atoms with van der Waals surface area (Å²) < 4.78 is 4.94. The van der Waals surface area contributed by atoms with E-state index in [4.69, 9.17) is 4.74 Å².